The lowest BCUT2D eigenvalue weighted by molar-refractivity contribution is -0.132. The average Bonchev–Trinajstić information content (AvgIpc) is 2.84. The van der Waals surface area contributed by atoms with Gasteiger partial charge in [0.05, 0.1) is 18.2 Å². The standard InChI is InChI=1S/C15H18FN3O2/c1-21-10-15(14(18)20)5-2-6-19(15)9-12-7-13(16)4-3-11(12)8-17/h3-4,7H,2,5-6,9-10H2,1H3,(H2,18,20). The number of halogens is 1. The largest absolute Gasteiger partial charge is 0.382 e. The number of methoxy groups -OCH3 is 1. The molecule has 0 saturated carbocycles. The fourth-order valence-electron chi connectivity index (χ4n) is 2.93. The molecule has 1 amide bonds. The van der Waals surface area contributed by atoms with E-state index in [0.29, 0.717) is 30.6 Å². The van der Waals surface area contributed by atoms with Crippen molar-refractivity contribution in [3.8, 4) is 6.07 Å². The highest BCUT2D eigenvalue weighted by atomic mass is 19.1. The maximum atomic E-state index is 13.4. The molecule has 21 heavy (non-hydrogen) atoms. The summed E-state index contributed by atoms with van der Waals surface area (Å²) in [5.74, 6) is -0.851. The molecule has 1 atom stereocenters. The van der Waals surface area contributed by atoms with Crippen molar-refractivity contribution >= 4 is 5.91 Å². The maximum Gasteiger partial charge on any atom is 0.240 e. The van der Waals surface area contributed by atoms with Crippen LogP contribution in [0.15, 0.2) is 18.2 Å². The molecule has 0 spiro atoms. The van der Waals surface area contributed by atoms with Crippen LogP contribution in [0.3, 0.4) is 0 Å². The van der Waals surface area contributed by atoms with E-state index in [1.807, 2.05) is 11.0 Å². The van der Waals surface area contributed by atoms with E-state index in [1.54, 1.807) is 0 Å². The fourth-order valence-corrected chi connectivity index (χ4v) is 2.93. The van der Waals surface area contributed by atoms with Gasteiger partial charge in [-0.1, -0.05) is 0 Å². The molecule has 2 rings (SSSR count). The molecule has 1 unspecified atom stereocenters. The Labute approximate surface area is 123 Å². The molecule has 0 aliphatic carbocycles. The van der Waals surface area contributed by atoms with Crippen LogP contribution in [0.1, 0.15) is 24.0 Å². The number of primary amides is 1. The highest BCUT2D eigenvalue weighted by molar-refractivity contribution is 5.85. The average molecular weight is 291 g/mol. The molecule has 1 aliphatic heterocycles. The van der Waals surface area contributed by atoms with Crippen molar-refractivity contribution in [2.75, 3.05) is 20.3 Å². The fraction of sp³-hybridized carbons (Fsp3) is 0.467. The summed E-state index contributed by atoms with van der Waals surface area (Å²) in [6, 6.07) is 6.07. The summed E-state index contributed by atoms with van der Waals surface area (Å²) >= 11 is 0. The molecule has 1 aromatic rings. The Morgan fingerprint density at radius 2 is 2.38 bits per heavy atom. The first-order valence-corrected chi connectivity index (χ1v) is 6.76. The molecule has 1 aromatic carbocycles. The predicted molar refractivity (Wildman–Crippen MR) is 74.6 cm³/mol. The van der Waals surface area contributed by atoms with E-state index in [9.17, 15) is 9.18 Å². The first-order chi connectivity index (χ1) is 10.0. The Kier molecular flexibility index (Phi) is 4.56. The van der Waals surface area contributed by atoms with Gasteiger partial charge in [0, 0.05) is 13.7 Å². The number of carbonyl (C=O) groups excluding carboxylic acids is 1. The molecular formula is C15H18FN3O2. The van der Waals surface area contributed by atoms with Crippen molar-refractivity contribution in [1.82, 2.24) is 4.90 Å². The van der Waals surface area contributed by atoms with Gasteiger partial charge < -0.3 is 10.5 Å². The number of ether oxygens (including phenoxy) is 1. The van der Waals surface area contributed by atoms with Crippen LogP contribution < -0.4 is 5.73 Å². The van der Waals surface area contributed by atoms with Crippen LogP contribution in [-0.4, -0.2) is 36.6 Å². The van der Waals surface area contributed by atoms with Crippen molar-refractivity contribution in [2.45, 2.75) is 24.9 Å². The van der Waals surface area contributed by atoms with Crippen LogP contribution in [0.2, 0.25) is 0 Å². The van der Waals surface area contributed by atoms with Crippen LogP contribution in [0, 0.1) is 17.1 Å². The zero-order valence-corrected chi connectivity index (χ0v) is 11.9. The summed E-state index contributed by atoms with van der Waals surface area (Å²) in [4.78, 5) is 13.8. The normalized spacial score (nSPS) is 22.1. The molecule has 0 aromatic heterocycles. The number of nitrogens with zero attached hydrogens (tertiary/aromatic N) is 2. The third-order valence-corrected chi connectivity index (χ3v) is 4.01. The SMILES string of the molecule is COCC1(C(N)=O)CCCN1Cc1cc(F)ccc1C#N. The van der Waals surface area contributed by atoms with Gasteiger partial charge in [0.15, 0.2) is 0 Å². The third kappa shape index (κ3) is 2.89. The number of carbonyl (C=O) groups is 1. The number of amides is 1. The summed E-state index contributed by atoms with van der Waals surface area (Å²) < 4.78 is 18.6. The number of hydrogen-bond acceptors (Lipinski definition) is 4. The summed E-state index contributed by atoms with van der Waals surface area (Å²) in [7, 11) is 1.52. The number of benzene rings is 1. The monoisotopic (exact) mass is 291 g/mol. The zero-order chi connectivity index (χ0) is 15.5. The molecule has 112 valence electrons. The van der Waals surface area contributed by atoms with E-state index in [4.69, 9.17) is 15.7 Å². The van der Waals surface area contributed by atoms with Gasteiger partial charge in [0.25, 0.3) is 0 Å². The lowest BCUT2D eigenvalue weighted by atomic mass is 9.95. The van der Waals surface area contributed by atoms with Gasteiger partial charge in [-0.3, -0.25) is 9.69 Å². The predicted octanol–water partition coefficient (Wildman–Crippen LogP) is 1.16. The van der Waals surface area contributed by atoms with E-state index >= 15 is 0 Å². The molecule has 2 N–H and O–H groups in total. The second kappa shape index (κ2) is 6.20. The third-order valence-electron chi connectivity index (χ3n) is 4.01. The Morgan fingerprint density at radius 3 is 3.00 bits per heavy atom. The minimum Gasteiger partial charge on any atom is -0.382 e. The topological polar surface area (TPSA) is 79.3 Å². The Hall–Kier alpha value is -1.97. The van der Waals surface area contributed by atoms with Gasteiger partial charge in [0.1, 0.15) is 11.4 Å². The summed E-state index contributed by atoms with van der Waals surface area (Å²) in [6.45, 7) is 1.15. The minimum absolute atomic E-state index is 0.194. The van der Waals surface area contributed by atoms with Crippen molar-refractivity contribution in [2.24, 2.45) is 5.73 Å². The molecule has 6 heteroatoms. The number of nitriles is 1. The second-order valence-corrected chi connectivity index (χ2v) is 5.27. The van der Waals surface area contributed by atoms with Gasteiger partial charge in [-0.25, -0.2) is 4.39 Å². The van der Waals surface area contributed by atoms with E-state index in [1.165, 1.54) is 25.3 Å². The molecular weight excluding hydrogens is 273 g/mol. The summed E-state index contributed by atoms with van der Waals surface area (Å²) in [5, 5.41) is 9.12. The second-order valence-electron chi connectivity index (χ2n) is 5.27. The first kappa shape index (κ1) is 15.4. The number of rotatable bonds is 5. The van der Waals surface area contributed by atoms with E-state index in [0.717, 1.165) is 6.42 Å². The van der Waals surface area contributed by atoms with Gasteiger partial charge in [-0.15, -0.1) is 0 Å². The molecule has 0 radical (unpaired) electrons. The van der Waals surface area contributed by atoms with Crippen LogP contribution in [0.5, 0.6) is 0 Å². The minimum atomic E-state index is -0.881. The smallest absolute Gasteiger partial charge is 0.240 e. The molecule has 1 fully saturated rings. The molecule has 5 nitrogen and oxygen atoms in total. The van der Waals surface area contributed by atoms with Gasteiger partial charge >= 0.3 is 0 Å². The van der Waals surface area contributed by atoms with E-state index in [2.05, 4.69) is 0 Å². The van der Waals surface area contributed by atoms with Crippen molar-refractivity contribution in [3.63, 3.8) is 0 Å². The lowest BCUT2D eigenvalue weighted by Gasteiger charge is -2.35. The van der Waals surface area contributed by atoms with Crippen LogP contribution in [-0.2, 0) is 16.1 Å². The van der Waals surface area contributed by atoms with Gasteiger partial charge in [-0.2, -0.15) is 5.26 Å². The Morgan fingerprint density at radius 1 is 1.62 bits per heavy atom. The van der Waals surface area contributed by atoms with E-state index < -0.39 is 17.3 Å². The highest BCUT2D eigenvalue weighted by Crippen LogP contribution is 2.31. The summed E-state index contributed by atoms with van der Waals surface area (Å²) in [6.07, 6.45) is 1.41. The van der Waals surface area contributed by atoms with Crippen molar-refractivity contribution in [1.29, 1.82) is 5.26 Å². The Balaban J connectivity index is 2.32. The Bertz CT molecular complexity index is 585. The molecule has 0 bridgehead atoms. The lowest BCUT2D eigenvalue weighted by Crippen LogP contribution is -2.56. The van der Waals surface area contributed by atoms with E-state index in [-0.39, 0.29) is 6.61 Å². The maximum absolute atomic E-state index is 13.4. The van der Waals surface area contributed by atoms with Crippen LogP contribution in [0.25, 0.3) is 0 Å². The van der Waals surface area contributed by atoms with Crippen molar-refractivity contribution in [3.05, 3.63) is 35.1 Å². The number of likely N-dealkylation sites (tertiary alicyclic amines) is 1. The summed E-state index contributed by atoms with van der Waals surface area (Å²) in [5.41, 5.74) is 5.64. The molecule has 1 aliphatic rings. The van der Waals surface area contributed by atoms with Crippen LogP contribution in [0.4, 0.5) is 4.39 Å². The quantitative estimate of drug-likeness (QED) is 0.883. The molecule has 1 saturated heterocycles. The van der Waals surface area contributed by atoms with Crippen molar-refractivity contribution < 1.29 is 13.9 Å². The molecule has 1 heterocycles. The van der Waals surface area contributed by atoms with Gasteiger partial charge in [0.2, 0.25) is 5.91 Å². The van der Waals surface area contributed by atoms with Crippen LogP contribution >= 0.6 is 0 Å². The van der Waals surface area contributed by atoms with Gasteiger partial charge in [-0.05, 0) is 43.1 Å². The highest BCUT2D eigenvalue weighted by Gasteiger charge is 2.46. The number of hydrogen-bond donors (Lipinski definition) is 1. The first-order valence-electron chi connectivity index (χ1n) is 6.76. The zero-order valence-electron chi connectivity index (χ0n) is 11.9. The number of nitrogens with two attached hydrogens (primary N) is 1.